The van der Waals surface area contributed by atoms with E-state index in [2.05, 4.69) is 21.5 Å². The molecular weight excluding hydrogens is 399 g/mol. The van der Waals surface area contributed by atoms with Crippen LogP contribution in [0, 0.1) is 5.82 Å². The maximum atomic E-state index is 13.1. The Labute approximate surface area is 181 Å². The monoisotopic (exact) mass is 426 g/mol. The van der Waals surface area contributed by atoms with Crippen LogP contribution in [0.3, 0.4) is 0 Å². The fraction of sp³-hybridized carbons (Fsp3) is 0.391. The standard InChI is InChI=1S/C23H27FN4OS/c1-3-26(4-2)23(29)21-16-25-28-14-11-18(15-22(21)28)17-9-12-27(13-10-17)30-20-7-5-19(24)6-8-20/h5-8,11,14-17H,3-4,9-10,12-13H2,1-2H3. The highest BCUT2D eigenvalue weighted by Crippen LogP contribution is 2.34. The van der Waals surface area contributed by atoms with Gasteiger partial charge < -0.3 is 4.90 Å². The summed E-state index contributed by atoms with van der Waals surface area (Å²) < 4.78 is 17.2. The number of aromatic nitrogens is 2. The third-order valence-electron chi connectivity index (χ3n) is 5.80. The van der Waals surface area contributed by atoms with Crippen LogP contribution in [0.15, 0.2) is 53.7 Å². The number of halogens is 1. The van der Waals surface area contributed by atoms with Crippen molar-refractivity contribution in [3.05, 3.63) is 65.7 Å². The third-order valence-corrected chi connectivity index (χ3v) is 6.91. The summed E-state index contributed by atoms with van der Waals surface area (Å²) in [6, 6.07) is 10.9. The molecule has 1 aromatic carbocycles. The number of fused-ring (bicyclic) bond motifs is 1. The second-order valence-corrected chi connectivity index (χ2v) is 8.74. The predicted molar refractivity (Wildman–Crippen MR) is 118 cm³/mol. The van der Waals surface area contributed by atoms with E-state index >= 15 is 0 Å². The molecule has 1 aliphatic rings. The molecule has 2 aromatic heterocycles. The lowest BCUT2D eigenvalue weighted by molar-refractivity contribution is 0.0775. The summed E-state index contributed by atoms with van der Waals surface area (Å²) in [5.41, 5.74) is 2.82. The Kier molecular flexibility index (Phi) is 6.39. The minimum absolute atomic E-state index is 0.0395. The molecule has 0 bridgehead atoms. The summed E-state index contributed by atoms with van der Waals surface area (Å²) in [5.74, 6) is 0.302. The number of rotatable bonds is 6. The van der Waals surface area contributed by atoms with Crippen molar-refractivity contribution >= 4 is 23.4 Å². The Morgan fingerprint density at radius 2 is 1.87 bits per heavy atom. The van der Waals surface area contributed by atoms with Crippen LogP contribution < -0.4 is 0 Å². The molecule has 158 valence electrons. The van der Waals surface area contributed by atoms with Gasteiger partial charge in [-0.15, -0.1) is 0 Å². The first-order valence-electron chi connectivity index (χ1n) is 10.5. The largest absolute Gasteiger partial charge is 0.339 e. The van der Waals surface area contributed by atoms with Gasteiger partial charge in [-0.25, -0.2) is 13.2 Å². The smallest absolute Gasteiger partial charge is 0.257 e. The molecule has 4 rings (SSSR count). The second kappa shape index (κ2) is 9.18. The molecule has 1 fully saturated rings. The van der Waals surface area contributed by atoms with Crippen molar-refractivity contribution in [1.82, 2.24) is 18.8 Å². The molecule has 0 aliphatic carbocycles. The van der Waals surface area contributed by atoms with E-state index in [-0.39, 0.29) is 11.7 Å². The molecule has 5 nitrogen and oxygen atoms in total. The minimum atomic E-state index is -0.202. The zero-order chi connectivity index (χ0) is 21.1. The normalized spacial score (nSPS) is 15.6. The van der Waals surface area contributed by atoms with Gasteiger partial charge in [0.25, 0.3) is 5.91 Å². The molecule has 1 amide bonds. The lowest BCUT2D eigenvalue weighted by Gasteiger charge is -2.31. The molecule has 0 radical (unpaired) electrons. The van der Waals surface area contributed by atoms with Crippen molar-refractivity contribution in [2.75, 3.05) is 26.2 Å². The van der Waals surface area contributed by atoms with Gasteiger partial charge >= 0.3 is 0 Å². The van der Waals surface area contributed by atoms with Crippen LogP contribution in [-0.2, 0) is 0 Å². The van der Waals surface area contributed by atoms with Gasteiger partial charge in [-0.2, -0.15) is 5.10 Å². The highest BCUT2D eigenvalue weighted by molar-refractivity contribution is 7.97. The van der Waals surface area contributed by atoms with E-state index in [9.17, 15) is 9.18 Å². The van der Waals surface area contributed by atoms with Gasteiger partial charge in [0.05, 0.1) is 17.3 Å². The first-order valence-corrected chi connectivity index (χ1v) is 11.3. The van der Waals surface area contributed by atoms with Crippen LogP contribution in [0.5, 0.6) is 0 Å². The fourth-order valence-corrected chi connectivity index (χ4v) is 4.97. The van der Waals surface area contributed by atoms with Gasteiger partial charge in [0.2, 0.25) is 0 Å². The number of amides is 1. The van der Waals surface area contributed by atoms with E-state index in [1.165, 1.54) is 17.7 Å². The first-order chi connectivity index (χ1) is 14.6. The summed E-state index contributed by atoms with van der Waals surface area (Å²) >= 11 is 1.69. The summed E-state index contributed by atoms with van der Waals surface area (Å²) in [4.78, 5) is 15.7. The summed E-state index contributed by atoms with van der Waals surface area (Å²) in [7, 11) is 0. The van der Waals surface area contributed by atoms with Gasteiger partial charge in [-0.1, -0.05) is 0 Å². The SMILES string of the molecule is CCN(CC)C(=O)c1cnn2ccc(C3CCN(Sc4ccc(F)cc4)CC3)cc12. The number of carbonyl (C=O) groups is 1. The Morgan fingerprint density at radius 3 is 2.53 bits per heavy atom. The van der Waals surface area contributed by atoms with Gasteiger partial charge in [0.1, 0.15) is 5.82 Å². The van der Waals surface area contributed by atoms with Crippen molar-refractivity contribution in [3.63, 3.8) is 0 Å². The lowest BCUT2D eigenvalue weighted by atomic mass is 9.90. The van der Waals surface area contributed by atoms with Crippen molar-refractivity contribution in [1.29, 1.82) is 0 Å². The van der Waals surface area contributed by atoms with E-state index < -0.39 is 0 Å². The van der Waals surface area contributed by atoms with Crippen molar-refractivity contribution < 1.29 is 9.18 Å². The highest BCUT2D eigenvalue weighted by Gasteiger charge is 2.23. The molecule has 0 atom stereocenters. The minimum Gasteiger partial charge on any atom is -0.339 e. The van der Waals surface area contributed by atoms with Crippen LogP contribution in [0.1, 0.15) is 48.5 Å². The zero-order valence-electron chi connectivity index (χ0n) is 17.4. The van der Waals surface area contributed by atoms with Crippen LogP contribution in [0.4, 0.5) is 4.39 Å². The molecule has 3 aromatic rings. The zero-order valence-corrected chi connectivity index (χ0v) is 18.2. The molecule has 0 spiro atoms. The predicted octanol–water partition coefficient (Wildman–Crippen LogP) is 4.84. The Balaban J connectivity index is 1.46. The van der Waals surface area contributed by atoms with E-state index in [4.69, 9.17) is 0 Å². The van der Waals surface area contributed by atoms with Crippen molar-refractivity contribution in [2.45, 2.75) is 37.5 Å². The van der Waals surface area contributed by atoms with E-state index in [0.29, 0.717) is 24.6 Å². The van der Waals surface area contributed by atoms with Crippen LogP contribution in [-0.4, -0.2) is 50.9 Å². The number of benzene rings is 1. The molecule has 1 aliphatic heterocycles. The topological polar surface area (TPSA) is 40.9 Å². The number of nitrogens with zero attached hydrogens (tertiary/aromatic N) is 4. The van der Waals surface area contributed by atoms with Crippen LogP contribution in [0.2, 0.25) is 0 Å². The number of pyridine rings is 1. The molecule has 3 heterocycles. The van der Waals surface area contributed by atoms with Crippen LogP contribution in [0.25, 0.3) is 5.52 Å². The number of hydrogen-bond acceptors (Lipinski definition) is 4. The lowest BCUT2D eigenvalue weighted by Crippen LogP contribution is -2.30. The summed E-state index contributed by atoms with van der Waals surface area (Å²) in [6.07, 6.45) is 5.75. The van der Waals surface area contributed by atoms with E-state index in [0.717, 1.165) is 36.3 Å². The molecule has 0 unspecified atom stereocenters. The van der Waals surface area contributed by atoms with Gasteiger partial charge in [0, 0.05) is 37.3 Å². The molecule has 0 N–H and O–H groups in total. The molecular formula is C23H27FN4OS. The van der Waals surface area contributed by atoms with E-state index in [1.54, 1.807) is 22.7 Å². The Morgan fingerprint density at radius 1 is 1.17 bits per heavy atom. The number of hydrogen-bond donors (Lipinski definition) is 0. The quantitative estimate of drug-likeness (QED) is 0.529. The summed E-state index contributed by atoms with van der Waals surface area (Å²) in [6.45, 7) is 7.32. The average Bonchev–Trinajstić information content (AvgIpc) is 3.20. The number of piperidine rings is 1. The molecule has 1 saturated heterocycles. The number of carbonyl (C=O) groups excluding carboxylic acids is 1. The second-order valence-electron chi connectivity index (χ2n) is 7.57. The van der Waals surface area contributed by atoms with Crippen molar-refractivity contribution in [2.24, 2.45) is 0 Å². The van der Waals surface area contributed by atoms with Gasteiger partial charge in [-0.05, 0) is 86.5 Å². The van der Waals surface area contributed by atoms with Crippen molar-refractivity contribution in [3.8, 4) is 0 Å². The average molecular weight is 427 g/mol. The van der Waals surface area contributed by atoms with E-state index in [1.807, 2.05) is 37.1 Å². The molecule has 0 saturated carbocycles. The summed E-state index contributed by atoms with van der Waals surface area (Å²) in [5, 5.41) is 4.37. The Hall–Kier alpha value is -2.38. The first kappa shape index (κ1) is 20.9. The van der Waals surface area contributed by atoms with Crippen LogP contribution >= 0.6 is 11.9 Å². The molecule has 30 heavy (non-hydrogen) atoms. The highest BCUT2D eigenvalue weighted by atomic mass is 32.2. The third kappa shape index (κ3) is 4.37. The Bertz CT molecular complexity index is 1010. The van der Waals surface area contributed by atoms with Gasteiger partial charge in [0.15, 0.2) is 0 Å². The molecule has 7 heteroatoms. The fourth-order valence-electron chi connectivity index (χ4n) is 4.02. The maximum Gasteiger partial charge on any atom is 0.257 e. The van der Waals surface area contributed by atoms with Gasteiger partial charge in [-0.3, -0.25) is 4.79 Å². The maximum absolute atomic E-state index is 13.1.